The fraction of sp³-hybridized carbons (Fsp3) is 0.579. The quantitative estimate of drug-likeness (QED) is 0.701. The molecule has 1 aromatic carbocycles. The Hall–Kier alpha value is -1.16. The average molecular weight is 376 g/mol. The van der Waals surface area contributed by atoms with Crippen LogP contribution in [0.25, 0.3) is 0 Å². The second-order valence-corrected chi connectivity index (χ2v) is 8.91. The fourth-order valence-electron chi connectivity index (χ4n) is 5.22. The van der Waals surface area contributed by atoms with Gasteiger partial charge in [-0.1, -0.05) is 54.9 Å². The van der Waals surface area contributed by atoms with E-state index in [9.17, 15) is 9.59 Å². The van der Waals surface area contributed by atoms with Crippen molar-refractivity contribution in [3.8, 4) is 0 Å². The van der Waals surface area contributed by atoms with Crippen LogP contribution in [-0.2, 0) is 16.0 Å². The number of benzene rings is 1. The number of fused-ring (bicyclic) bond motifs is 3. The van der Waals surface area contributed by atoms with Gasteiger partial charge in [0.25, 0.3) is 0 Å². The van der Waals surface area contributed by atoms with Crippen molar-refractivity contribution in [1.29, 1.82) is 0 Å². The molecule has 0 radical (unpaired) electrons. The molecule has 1 heterocycles. The largest absolute Gasteiger partial charge is 0.311 e. The van der Waals surface area contributed by atoms with E-state index in [1.165, 1.54) is 5.56 Å². The van der Waals surface area contributed by atoms with Gasteiger partial charge < -0.3 is 4.90 Å². The average Bonchev–Trinajstić information content (AvgIpc) is 3.07. The van der Waals surface area contributed by atoms with Gasteiger partial charge in [0.05, 0.1) is 10.2 Å². The monoisotopic (exact) mass is 375 g/mol. The summed E-state index contributed by atoms with van der Waals surface area (Å²) in [6.45, 7) is 6.99. The summed E-state index contributed by atoms with van der Waals surface area (Å²) in [5.74, 6) is 0.332. The molecular weight excluding hydrogens is 354 g/mol. The predicted octanol–water partition coefficient (Wildman–Crippen LogP) is 3.73. The highest BCUT2D eigenvalue weighted by atomic mass is 79.9. The van der Waals surface area contributed by atoms with Crippen LogP contribution >= 0.6 is 15.9 Å². The molecule has 3 nitrogen and oxygen atoms in total. The number of hydrogen-bond acceptors (Lipinski definition) is 2. The molecule has 23 heavy (non-hydrogen) atoms. The highest BCUT2D eigenvalue weighted by Gasteiger charge is 2.77. The second kappa shape index (κ2) is 4.47. The number of anilines is 1. The molecule has 2 fully saturated rings. The number of halogens is 1. The maximum Gasteiger partial charge on any atom is 0.235 e. The Balaban J connectivity index is 1.82. The third-order valence-electron chi connectivity index (χ3n) is 7.23. The van der Waals surface area contributed by atoms with Crippen LogP contribution in [0.3, 0.4) is 0 Å². The number of amides is 1. The highest BCUT2D eigenvalue weighted by molar-refractivity contribution is 9.10. The minimum absolute atomic E-state index is 0.129. The van der Waals surface area contributed by atoms with Crippen molar-refractivity contribution in [2.45, 2.75) is 44.9 Å². The summed E-state index contributed by atoms with van der Waals surface area (Å²) in [6.07, 6.45) is 2.49. The zero-order valence-corrected chi connectivity index (χ0v) is 15.4. The van der Waals surface area contributed by atoms with E-state index in [0.29, 0.717) is 0 Å². The number of para-hydroxylation sites is 1. The first-order chi connectivity index (χ1) is 10.8. The number of carbonyl (C=O) groups excluding carboxylic acids is 2. The van der Waals surface area contributed by atoms with Crippen molar-refractivity contribution in [3.05, 3.63) is 29.8 Å². The van der Waals surface area contributed by atoms with Gasteiger partial charge in [0.1, 0.15) is 0 Å². The molecule has 3 atom stereocenters. The normalized spacial score (nSPS) is 37.3. The van der Waals surface area contributed by atoms with E-state index in [1.807, 2.05) is 30.0 Å². The Labute approximate surface area is 145 Å². The standard InChI is InChI=1S/C19H22BrNO2/c1-17(2)18(3)9-10-19(17,14(20)15(18)22)16(23)21-11-8-12-6-4-5-7-13(12)21/h4-7,14H,8-11H2,1-3H3/t14-,18+,19+/m1/s1. The summed E-state index contributed by atoms with van der Waals surface area (Å²) >= 11 is 3.62. The molecule has 2 aliphatic carbocycles. The molecule has 0 N–H and O–H groups in total. The van der Waals surface area contributed by atoms with Gasteiger partial charge in [0.15, 0.2) is 5.78 Å². The molecule has 0 spiro atoms. The van der Waals surface area contributed by atoms with Crippen molar-refractivity contribution < 1.29 is 9.59 Å². The SMILES string of the molecule is CC1(C)[C@@]2(C)CC[C@@]1(C(=O)N1CCc3ccccc31)[C@H](Br)C2=O. The van der Waals surface area contributed by atoms with Gasteiger partial charge in [-0.15, -0.1) is 0 Å². The molecule has 2 saturated carbocycles. The summed E-state index contributed by atoms with van der Waals surface area (Å²) in [6, 6.07) is 8.12. The van der Waals surface area contributed by atoms with Gasteiger partial charge in [-0.05, 0) is 36.3 Å². The Kier molecular flexibility index (Phi) is 2.99. The molecule has 2 bridgehead atoms. The van der Waals surface area contributed by atoms with E-state index in [0.717, 1.165) is 31.5 Å². The molecule has 0 aromatic heterocycles. The minimum Gasteiger partial charge on any atom is -0.311 e. The highest BCUT2D eigenvalue weighted by Crippen LogP contribution is 2.72. The summed E-state index contributed by atoms with van der Waals surface area (Å²) in [5, 5.41) is 0. The predicted molar refractivity (Wildman–Crippen MR) is 93.8 cm³/mol. The van der Waals surface area contributed by atoms with E-state index in [4.69, 9.17) is 0 Å². The van der Waals surface area contributed by atoms with Crippen LogP contribution in [0.15, 0.2) is 24.3 Å². The Morgan fingerprint density at radius 3 is 2.57 bits per heavy atom. The molecule has 0 unspecified atom stereocenters. The Morgan fingerprint density at radius 1 is 1.22 bits per heavy atom. The number of nitrogens with zero attached hydrogens (tertiary/aromatic N) is 1. The van der Waals surface area contributed by atoms with Crippen LogP contribution < -0.4 is 4.90 Å². The van der Waals surface area contributed by atoms with Gasteiger partial charge in [0.2, 0.25) is 5.91 Å². The van der Waals surface area contributed by atoms with Crippen molar-refractivity contribution >= 4 is 33.3 Å². The lowest BCUT2D eigenvalue weighted by Gasteiger charge is -2.42. The summed E-state index contributed by atoms with van der Waals surface area (Å²) in [7, 11) is 0. The van der Waals surface area contributed by atoms with E-state index in [1.54, 1.807) is 0 Å². The maximum atomic E-state index is 13.6. The lowest BCUT2D eigenvalue weighted by Crippen LogP contribution is -2.52. The first-order valence-corrected chi connectivity index (χ1v) is 9.27. The third-order valence-corrected chi connectivity index (χ3v) is 8.43. The van der Waals surface area contributed by atoms with E-state index < -0.39 is 10.8 Å². The van der Waals surface area contributed by atoms with Crippen LogP contribution in [0, 0.1) is 16.2 Å². The summed E-state index contributed by atoms with van der Waals surface area (Å²) in [4.78, 5) is 28.1. The van der Waals surface area contributed by atoms with Crippen molar-refractivity contribution in [1.82, 2.24) is 0 Å². The molecule has 1 aliphatic heterocycles. The van der Waals surface area contributed by atoms with Crippen molar-refractivity contribution in [2.24, 2.45) is 16.2 Å². The third kappa shape index (κ3) is 1.52. The van der Waals surface area contributed by atoms with Crippen LogP contribution in [0.4, 0.5) is 5.69 Å². The summed E-state index contributed by atoms with van der Waals surface area (Å²) < 4.78 is 0. The number of ketones is 1. The molecule has 0 saturated heterocycles. The zero-order valence-electron chi connectivity index (χ0n) is 13.9. The van der Waals surface area contributed by atoms with Crippen molar-refractivity contribution in [3.63, 3.8) is 0 Å². The first-order valence-electron chi connectivity index (χ1n) is 8.36. The molecule has 1 aromatic rings. The number of rotatable bonds is 1. The van der Waals surface area contributed by atoms with Gasteiger partial charge in [0, 0.05) is 17.6 Å². The lowest BCUT2D eigenvalue weighted by molar-refractivity contribution is -0.133. The van der Waals surface area contributed by atoms with Gasteiger partial charge in [-0.3, -0.25) is 9.59 Å². The number of Topliss-reactive ketones (excluding diaryl/α,β-unsaturated/α-hetero) is 1. The number of alkyl halides is 1. The lowest BCUT2D eigenvalue weighted by atomic mass is 9.64. The van der Waals surface area contributed by atoms with Crippen LogP contribution in [-0.4, -0.2) is 23.1 Å². The van der Waals surface area contributed by atoms with Gasteiger partial charge in [-0.2, -0.15) is 0 Å². The topological polar surface area (TPSA) is 37.4 Å². The van der Waals surface area contributed by atoms with Gasteiger partial charge in [-0.25, -0.2) is 0 Å². The van der Waals surface area contributed by atoms with E-state index in [2.05, 4.69) is 35.8 Å². The van der Waals surface area contributed by atoms with Crippen LogP contribution in [0.2, 0.25) is 0 Å². The molecule has 4 rings (SSSR count). The fourth-order valence-corrected chi connectivity index (χ4v) is 6.72. The molecule has 4 heteroatoms. The van der Waals surface area contributed by atoms with E-state index >= 15 is 0 Å². The van der Waals surface area contributed by atoms with Gasteiger partial charge >= 0.3 is 0 Å². The van der Waals surface area contributed by atoms with E-state index in [-0.39, 0.29) is 21.9 Å². The van der Waals surface area contributed by atoms with Crippen molar-refractivity contribution in [2.75, 3.05) is 11.4 Å². The summed E-state index contributed by atoms with van der Waals surface area (Å²) in [5.41, 5.74) is 0.883. The Morgan fingerprint density at radius 2 is 1.91 bits per heavy atom. The zero-order chi connectivity index (χ0) is 16.6. The minimum atomic E-state index is -0.629. The van der Waals surface area contributed by atoms with Crippen LogP contribution in [0.5, 0.6) is 0 Å². The first kappa shape index (κ1) is 15.4. The Bertz CT molecular complexity index is 728. The molecule has 1 amide bonds. The number of carbonyl (C=O) groups is 2. The molecule has 122 valence electrons. The second-order valence-electron chi connectivity index (χ2n) is 7.99. The smallest absolute Gasteiger partial charge is 0.235 e. The maximum absolute atomic E-state index is 13.6. The molecular formula is C19H22BrNO2. The number of hydrogen-bond donors (Lipinski definition) is 0. The molecule has 3 aliphatic rings. The van der Waals surface area contributed by atoms with Crippen LogP contribution in [0.1, 0.15) is 39.2 Å².